The number of methoxy groups -OCH3 is 1. The summed E-state index contributed by atoms with van der Waals surface area (Å²) in [5.41, 5.74) is 0.578. The van der Waals surface area contributed by atoms with E-state index in [2.05, 4.69) is 60.3 Å². The van der Waals surface area contributed by atoms with E-state index in [1.165, 1.54) is 0 Å². The lowest BCUT2D eigenvalue weighted by atomic mass is 9.54. The van der Waals surface area contributed by atoms with Crippen molar-refractivity contribution in [3.63, 3.8) is 0 Å². The number of ether oxygens (including phenoxy) is 1. The fraction of sp³-hybridized carbons (Fsp3) is 1.00. The van der Waals surface area contributed by atoms with Crippen LogP contribution >= 0.6 is 0 Å². The first-order valence-corrected chi connectivity index (χ1v) is 7.27. The second kappa shape index (κ2) is 6.38. The van der Waals surface area contributed by atoms with Gasteiger partial charge in [-0.2, -0.15) is 0 Å². The summed E-state index contributed by atoms with van der Waals surface area (Å²) in [5.74, 6) is 0. The van der Waals surface area contributed by atoms with E-state index >= 15 is 0 Å². The van der Waals surface area contributed by atoms with E-state index in [4.69, 9.17) is 4.74 Å². The van der Waals surface area contributed by atoms with Crippen molar-refractivity contribution in [1.29, 1.82) is 0 Å². The van der Waals surface area contributed by atoms with Crippen molar-refractivity contribution in [3.05, 3.63) is 0 Å². The van der Waals surface area contributed by atoms with Crippen molar-refractivity contribution in [3.8, 4) is 0 Å². The Kier molecular flexibility index (Phi) is 6.35. The van der Waals surface area contributed by atoms with Gasteiger partial charge in [0.15, 0.2) is 0 Å². The second-order valence-electron chi connectivity index (χ2n) is 7.48. The summed E-state index contributed by atoms with van der Waals surface area (Å²) in [6, 6.07) is 0. The summed E-state index contributed by atoms with van der Waals surface area (Å²) in [5, 5.41) is 0. The Labute approximate surface area is 115 Å². The molecule has 0 fully saturated rings. The molecule has 0 saturated heterocycles. The molecule has 0 aromatic rings. The summed E-state index contributed by atoms with van der Waals surface area (Å²) in [7, 11) is 1.83. The molecule has 18 heavy (non-hydrogen) atoms. The zero-order valence-electron chi connectivity index (χ0n) is 14.2. The molecule has 0 bridgehead atoms. The third-order valence-corrected chi connectivity index (χ3v) is 4.65. The minimum absolute atomic E-state index is 0.154. The Bertz CT molecular complexity index is 216. The third-order valence-electron chi connectivity index (χ3n) is 4.65. The standard InChI is InChI=1S/C16H35NO/c1-10-17(11-2)12-16(13-18-9,14(3,4)5)15(6,7)8/h10-13H2,1-9H3. The largest absolute Gasteiger partial charge is 0.384 e. The predicted molar refractivity (Wildman–Crippen MR) is 81.0 cm³/mol. The van der Waals surface area contributed by atoms with Gasteiger partial charge < -0.3 is 9.64 Å². The van der Waals surface area contributed by atoms with Crippen molar-refractivity contribution >= 4 is 0 Å². The molecule has 0 saturated carbocycles. The zero-order chi connectivity index (χ0) is 14.6. The van der Waals surface area contributed by atoms with Crippen molar-refractivity contribution in [2.24, 2.45) is 16.2 Å². The molecule has 0 atom stereocenters. The number of nitrogens with zero attached hydrogens (tertiary/aromatic N) is 1. The Morgan fingerprint density at radius 1 is 0.833 bits per heavy atom. The van der Waals surface area contributed by atoms with E-state index in [-0.39, 0.29) is 16.2 Å². The predicted octanol–water partition coefficient (Wildman–Crippen LogP) is 4.05. The maximum absolute atomic E-state index is 5.62. The highest BCUT2D eigenvalue weighted by molar-refractivity contribution is 5.00. The average molecular weight is 257 g/mol. The summed E-state index contributed by atoms with van der Waals surface area (Å²) in [6.45, 7) is 22.7. The van der Waals surface area contributed by atoms with Crippen molar-refractivity contribution in [2.75, 3.05) is 33.4 Å². The van der Waals surface area contributed by atoms with Gasteiger partial charge in [0.25, 0.3) is 0 Å². The Morgan fingerprint density at radius 3 is 1.44 bits per heavy atom. The van der Waals surface area contributed by atoms with Crippen LogP contribution in [0.4, 0.5) is 0 Å². The molecule has 0 heterocycles. The molecule has 0 spiro atoms. The van der Waals surface area contributed by atoms with E-state index in [0.29, 0.717) is 0 Å². The highest BCUT2D eigenvalue weighted by Gasteiger charge is 2.51. The molecule has 0 aliphatic carbocycles. The Balaban J connectivity index is 5.48. The van der Waals surface area contributed by atoms with Crippen LogP contribution in [0.25, 0.3) is 0 Å². The van der Waals surface area contributed by atoms with Gasteiger partial charge in [0, 0.05) is 19.1 Å². The van der Waals surface area contributed by atoms with Crippen LogP contribution in [0.5, 0.6) is 0 Å². The number of hydrogen-bond donors (Lipinski definition) is 0. The SMILES string of the molecule is CCN(CC)CC(COC)(C(C)(C)C)C(C)(C)C. The molecule has 0 aliphatic heterocycles. The molecule has 110 valence electrons. The van der Waals surface area contributed by atoms with Crippen molar-refractivity contribution in [2.45, 2.75) is 55.4 Å². The van der Waals surface area contributed by atoms with Gasteiger partial charge in [-0.05, 0) is 23.9 Å². The van der Waals surface area contributed by atoms with Gasteiger partial charge in [-0.25, -0.2) is 0 Å². The van der Waals surface area contributed by atoms with Crippen molar-refractivity contribution in [1.82, 2.24) is 4.90 Å². The average Bonchev–Trinajstić information content (AvgIpc) is 2.20. The molecule has 0 unspecified atom stereocenters. The van der Waals surface area contributed by atoms with E-state index in [9.17, 15) is 0 Å². The van der Waals surface area contributed by atoms with Gasteiger partial charge in [-0.15, -0.1) is 0 Å². The fourth-order valence-corrected chi connectivity index (χ4v) is 3.15. The van der Waals surface area contributed by atoms with Crippen LogP contribution < -0.4 is 0 Å². The number of rotatable bonds is 6. The maximum Gasteiger partial charge on any atom is 0.0540 e. The topological polar surface area (TPSA) is 12.5 Å². The van der Waals surface area contributed by atoms with Crippen LogP contribution in [-0.4, -0.2) is 38.3 Å². The summed E-state index contributed by atoms with van der Waals surface area (Å²) in [4.78, 5) is 2.52. The van der Waals surface area contributed by atoms with Gasteiger partial charge in [-0.3, -0.25) is 0 Å². The molecule has 0 amide bonds. The highest BCUT2D eigenvalue weighted by atomic mass is 16.5. The van der Waals surface area contributed by atoms with Crippen LogP contribution in [0, 0.1) is 16.2 Å². The van der Waals surface area contributed by atoms with Gasteiger partial charge in [0.1, 0.15) is 0 Å². The quantitative estimate of drug-likeness (QED) is 0.711. The second-order valence-corrected chi connectivity index (χ2v) is 7.48. The first-order valence-electron chi connectivity index (χ1n) is 7.27. The first-order chi connectivity index (χ1) is 8.05. The minimum atomic E-state index is 0.154. The van der Waals surface area contributed by atoms with Gasteiger partial charge in [0.05, 0.1) is 6.61 Å². The monoisotopic (exact) mass is 257 g/mol. The normalized spacial score (nSPS) is 14.3. The smallest absolute Gasteiger partial charge is 0.0540 e. The lowest BCUT2D eigenvalue weighted by molar-refractivity contribution is -0.106. The van der Waals surface area contributed by atoms with Crippen LogP contribution in [0.1, 0.15) is 55.4 Å². The third kappa shape index (κ3) is 3.71. The Morgan fingerprint density at radius 2 is 1.22 bits per heavy atom. The number of hydrogen-bond acceptors (Lipinski definition) is 2. The molecule has 0 rings (SSSR count). The van der Waals surface area contributed by atoms with Crippen LogP contribution in [0.15, 0.2) is 0 Å². The lowest BCUT2D eigenvalue weighted by Crippen LogP contribution is -2.56. The molecule has 2 nitrogen and oxygen atoms in total. The lowest BCUT2D eigenvalue weighted by Gasteiger charge is -2.55. The molecule has 0 aromatic carbocycles. The van der Waals surface area contributed by atoms with Gasteiger partial charge >= 0.3 is 0 Å². The van der Waals surface area contributed by atoms with Crippen LogP contribution in [-0.2, 0) is 4.74 Å². The first kappa shape index (κ1) is 17.9. The van der Waals surface area contributed by atoms with E-state index < -0.39 is 0 Å². The van der Waals surface area contributed by atoms with E-state index in [0.717, 1.165) is 26.2 Å². The van der Waals surface area contributed by atoms with Gasteiger partial charge in [0.2, 0.25) is 0 Å². The molecular formula is C16H35NO. The fourth-order valence-electron chi connectivity index (χ4n) is 3.15. The van der Waals surface area contributed by atoms with Crippen LogP contribution in [0.3, 0.4) is 0 Å². The van der Waals surface area contributed by atoms with Gasteiger partial charge in [-0.1, -0.05) is 55.4 Å². The molecule has 0 N–H and O–H groups in total. The van der Waals surface area contributed by atoms with Crippen molar-refractivity contribution < 1.29 is 4.74 Å². The Hall–Kier alpha value is -0.0800. The zero-order valence-corrected chi connectivity index (χ0v) is 14.2. The maximum atomic E-state index is 5.62. The van der Waals surface area contributed by atoms with E-state index in [1.807, 2.05) is 7.11 Å². The highest BCUT2D eigenvalue weighted by Crippen LogP contribution is 2.52. The molecule has 0 aromatic heterocycles. The van der Waals surface area contributed by atoms with Crippen LogP contribution in [0.2, 0.25) is 0 Å². The van der Waals surface area contributed by atoms with E-state index in [1.54, 1.807) is 0 Å². The molecule has 0 aliphatic rings. The summed E-state index contributed by atoms with van der Waals surface area (Å²) >= 11 is 0. The summed E-state index contributed by atoms with van der Waals surface area (Å²) < 4.78 is 5.62. The molecule has 2 heteroatoms. The molecule has 0 radical (unpaired) electrons. The molecular weight excluding hydrogens is 222 g/mol. The summed E-state index contributed by atoms with van der Waals surface area (Å²) in [6.07, 6.45) is 0. The minimum Gasteiger partial charge on any atom is -0.384 e.